The molecule has 7 aromatic rings. The lowest BCUT2D eigenvalue weighted by atomic mass is 9.76. The molecule has 1 saturated carbocycles. The van der Waals surface area contributed by atoms with Crippen LogP contribution in [0.2, 0.25) is 0 Å². The van der Waals surface area contributed by atoms with Gasteiger partial charge in [-0.2, -0.15) is 5.10 Å². The third-order valence-electron chi connectivity index (χ3n) is 13.0. The summed E-state index contributed by atoms with van der Waals surface area (Å²) in [5.41, 5.74) is 8.51. The molecule has 1 N–H and O–H groups in total. The van der Waals surface area contributed by atoms with E-state index < -0.39 is 5.54 Å². The molecule has 2 aliphatic heterocycles. The second kappa shape index (κ2) is 16.9. The molecule has 10 heteroatoms. The number of urea groups is 1. The lowest BCUT2D eigenvalue weighted by Gasteiger charge is -2.38. The van der Waals surface area contributed by atoms with Crippen LogP contribution in [-0.4, -0.2) is 51.7 Å². The number of rotatable bonds is 11. The molecule has 0 unspecified atom stereocenters. The van der Waals surface area contributed by atoms with Gasteiger partial charge in [0.2, 0.25) is 0 Å². The normalized spacial score (nSPS) is 15.5. The van der Waals surface area contributed by atoms with Crippen molar-refractivity contribution in [2.45, 2.75) is 51.0 Å². The predicted molar refractivity (Wildman–Crippen MR) is 253 cm³/mol. The van der Waals surface area contributed by atoms with Gasteiger partial charge in [-0.25, -0.2) is 19.7 Å². The van der Waals surface area contributed by atoms with Crippen molar-refractivity contribution < 1.29 is 14.4 Å². The van der Waals surface area contributed by atoms with Crippen molar-refractivity contribution in [2.75, 3.05) is 28.7 Å². The molecule has 3 heterocycles. The number of anilines is 4. The summed E-state index contributed by atoms with van der Waals surface area (Å²) in [6.07, 6.45) is 9.80. The largest absolute Gasteiger partial charge is 0.385 e. The van der Waals surface area contributed by atoms with Crippen LogP contribution in [0.25, 0.3) is 0 Å². The van der Waals surface area contributed by atoms with Crippen molar-refractivity contribution in [3.05, 3.63) is 209 Å². The van der Waals surface area contributed by atoms with Crippen molar-refractivity contribution in [2.24, 2.45) is 11.0 Å². The number of aromatic nitrogens is 2. The van der Waals surface area contributed by atoms with Gasteiger partial charge >= 0.3 is 6.03 Å². The van der Waals surface area contributed by atoms with Crippen molar-refractivity contribution >= 4 is 46.3 Å². The highest BCUT2D eigenvalue weighted by Gasteiger charge is 2.41. The number of fused-ring (bicyclic) bond motifs is 2. The summed E-state index contributed by atoms with van der Waals surface area (Å²) in [6.45, 7) is 2.49. The summed E-state index contributed by atoms with van der Waals surface area (Å²) in [7, 11) is 1.70. The Kier molecular flexibility index (Phi) is 10.7. The molecule has 4 amide bonds. The van der Waals surface area contributed by atoms with Crippen LogP contribution in [0.15, 0.2) is 169 Å². The molecule has 1 fully saturated rings. The summed E-state index contributed by atoms with van der Waals surface area (Å²) in [5, 5.41) is 10.0. The van der Waals surface area contributed by atoms with Gasteiger partial charge in [0.05, 0.1) is 33.9 Å². The van der Waals surface area contributed by atoms with Crippen LogP contribution in [0.3, 0.4) is 0 Å². The first-order chi connectivity index (χ1) is 31.3. The van der Waals surface area contributed by atoms with E-state index in [1.54, 1.807) is 36.2 Å². The first-order valence-electron chi connectivity index (χ1n) is 22.2. The van der Waals surface area contributed by atoms with E-state index in [4.69, 9.17) is 10.1 Å². The molecule has 64 heavy (non-hydrogen) atoms. The van der Waals surface area contributed by atoms with Crippen molar-refractivity contribution in [1.29, 1.82) is 0 Å². The Morgan fingerprint density at radius 1 is 0.641 bits per heavy atom. The molecule has 0 spiro atoms. The number of imidazole rings is 1. The van der Waals surface area contributed by atoms with Gasteiger partial charge in [-0.05, 0) is 90.6 Å². The summed E-state index contributed by atoms with van der Waals surface area (Å²) < 4.78 is 2.31. The highest BCUT2D eigenvalue weighted by atomic mass is 16.2. The number of carbonyl (C=O) groups is 3. The van der Waals surface area contributed by atoms with E-state index in [9.17, 15) is 14.4 Å². The minimum atomic E-state index is -0.662. The number of benzene rings is 6. The molecule has 6 aromatic carbocycles. The zero-order valence-electron chi connectivity index (χ0n) is 36.0. The Morgan fingerprint density at radius 2 is 1.20 bits per heavy atom. The number of nitrogens with one attached hydrogen (secondary N) is 1. The van der Waals surface area contributed by atoms with Crippen molar-refractivity contribution in [3.63, 3.8) is 0 Å². The summed E-state index contributed by atoms with van der Waals surface area (Å²) in [5.74, 6) is 0.350. The monoisotopic (exact) mass is 843 g/mol. The quantitative estimate of drug-likeness (QED) is 0.103. The first kappa shape index (κ1) is 40.5. The smallest absolute Gasteiger partial charge is 0.349 e. The average molecular weight is 844 g/mol. The van der Waals surface area contributed by atoms with Crippen molar-refractivity contribution in [3.8, 4) is 0 Å². The Bertz CT molecular complexity index is 2750. The fourth-order valence-corrected chi connectivity index (χ4v) is 9.98. The van der Waals surface area contributed by atoms with Gasteiger partial charge < -0.3 is 9.88 Å². The van der Waals surface area contributed by atoms with Crippen molar-refractivity contribution in [1.82, 2.24) is 14.6 Å². The molecule has 3 aliphatic rings. The van der Waals surface area contributed by atoms with Gasteiger partial charge in [-0.15, -0.1) is 0 Å². The molecule has 318 valence electrons. The molecule has 0 saturated heterocycles. The van der Waals surface area contributed by atoms with Crippen LogP contribution in [0.4, 0.5) is 27.5 Å². The Balaban J connectivity index is 0.957. The number of imide groups is 1. The topological polar surface area (TPSA) is 103 Å². The van der Waals surface area contributed by atoms with Gasteiger partial charge in [-0.1, -0.05) is 122 Å². The lowest BCUT2D eigenvalue weighted by molar-refractivity contribution is 0.0925. The molecule has 10 rings (SSSR count). The van der Waals surface area contributed by atoms with Crippen LogP contribution in [0, 0.1) is 12.8 Å². The van der Waals surface area contributed by atoms with Crippen LogP contribution >= 0.6 is 0 Å². The highest BCUT2D eigenvalue weighted by molar-refractivity contribution is 6.35. The molecular formula is C54H49N7O3. The number of hydrogen-bond donors (Lipinski definition) is 1. The number of amides is 4. The fourth-order valence-electron chi connectivity index (χ4n) is 9.98. The molecule has 0 radical (unpaired) electrons. The molecular weight excluding hydrogens is 795 g/mol. The SMILES string of the molecule is Cc1cc2c(cc1N1C(=O)c3ccccc3C1=O)C(C1CCCCC1)=NN(C)C(=O)N2c1ccc(NCCc2nccn2C(c2ccccc2)(c2ccccc2)c2ccccc2)cc1. The predicted octanol–water partition coefficient (Wildman–Crippen LogP) is 11.0. The fraction of sp³-hybridized carbons (Fsp3) is 0.204. The van der Waals surface area contributed by atoms with Crippen LogP contribution in [0.1, 0.15) is 86.5 Å². The van der Waals surface area contributed by atoms with Crippen LogP contribution < -0.4 is 15.1 Å². The van der Waals surface area contributed by atoms with E-state index in [1.165, 1.54) is 9.91 Å². The van der Waals surface area contributed by atoms with Gasteiger partial charge in [0.15, 0.2) is 0 Å². The third-order valence-corrected chi connectivity index (χ3v) is 13.0. The van der Waals surface area contributed by atoms with Crippen LogP contribution in [0.5, 0.6) is 0 Å². The van der Waals surface area contributed by atoms with Gasteiger partial charge in [-0.3, -0.25) is 14.5 Å². The standard InChI is InChI=1S/C54H49N7O3/c1-37-35-48-46(36-47(37)61-51(62)44-25-15-16-26-45(44)52(61)63)50(38-17-7-3-8-18-38)57-58(2)53(64)60(48)43-29-27-42(28-30-43)55-32-31-49-56-33-34-59(49)54(39-19-9-4-10-20-39,40-21-11-5-12-22-40)41-23-13-6-14-24-41/h4-6,9-16,19-30,33-36,38,55H,3,7-8,17-18,31-32H2,1-2H3. The maximum absolute atomic E-state index is 14.5. The second-order valence-corrected chi connectivity index (χ2v) is 16.9. The minimum Gasteiger partial charge on any atom is -0.385 e. The van der Waals surface area contributed by atoms with E-state index in [1.807, 2.05) is 49.5 Å². The molecule has 0 atom stereocenters. The van der Waals surface area contributed by atoms with E-state index in [0.717, 1.165) is 71.6 Å². The maximum Gasteiger partial charge on any atom is 0.349 e. The zero-order valence-corrected chi connectivity index (χ0v) is 36.0. The summed E-state index contributed by atoms with van der Waals surface area (Å²) in [6, 6.07) is 50.2. The van der Waals surface area contributed by atoms with Gasteiger partial charge in [0.1, 0.15) is 11.4 Å². The summed E-state index contributed by atoms with van der Waals surface area (Å²) >= 11 is 0. The second-order valence-electron chi connectivity index (χ2n) is 16.9. The third kappa shape index (κ3) is 6.95. The molecule has 10 nitrogen and oxygen atoms in total. The van der Waals surface area contributed by atoms with Gasteiger partial charge in [0, 0.05) is 49.6 Å². The maximum atomic E-state index is 14.5. The van der Waals surface area contributed by atoms with E-state index in [2.05, 4.69) is 107 Å². The van der Waals surface area contributed by atoms with E-state index in [0.29, 0.717) is 46.7 Å². The molecule has 1 aromatic heterocycles. The Labute approximate surface area is 373 Å². The molecule has 1 aliphatic carbocycles. The van der Waals surface area contributed by atoms with E-state index >= 15 is 0 Å². The van der Waals surface area contributed by atoms with E-state index in [-0.39, 0.29) is 23.8 Å². The number of aryl methyl sites for hydroxylation is 1. The van der Waals surface area contributed by atoms with Gasteiger partial charge in [0.25, 0.3) is 11.8 Å². The van der Waals surface area contributed by atoms with Crippen LogP contribution in [-0.2, 0) is 12.0 Å². The number of nitrogens with zero attached hydrogens (tertiary/aromatic N) is 6. The molecule has 0 bridgehead atoms. The zero-order chi connectivity index (χ0) is 43.8. The first-order valence-corrected chi connectivity index (χ1v) is 22.2. The number of hydrogen-bond acceptors (Lipinski definition) is 6. The average Bonchev–Trinajstić information content (AvgIpc) is 3.88. The number of hydrazone groups is 1. The Hall–Kier alpha value is -7.59. The minimum absolute atomic E-state index is 0.126. The lowest BCUT2D eigenvalue weighted by Crippen LogP contribution is -2.38. The number of carbonyl (C=O) groups excluding carboxylic acids is 3. The Morgan fingerprint density at radius 3 is 1.78 bits per heavy atom. The highest BCUT2D eigenvalue weighted by Crippen LogP contribution is 2.44. The summed E-state index contributed by atoms with van der Waals surface area (Å²) in [4.78, 5) is 49.9.